The Labute approximate surface area is 229 Å². The van der Waals surface area contributed by atoms with Crippen LogP contribution in [0.5, 0.6) is 17.2 Å². The fourth-order valence-corrected chi connectivity index (χ4v) is 5.53. The Morgan fingerprint density at radius 3 is 2.69 bits per heavy atom. The number of aliphatic hydroxyl groups excluding tert-OH is 1. The maximum Gasteiger partial charge on any atom is 0.295 e. The molecular weight excluding hydrogens is 498 g/mol. The molecule has 2 fully saturated rings. The number of likely N-dealkylation sites (tertiary alicyclic amines) is 1. The first-order valence-electron chi connectivity index (χ1n) is 13.8. The van der Waals surface area contributed by atoms with E-state index in [0.717, 1.165) is 30.6 Å². The highest BCUT2D eigenvalue weighted by molar-refractivity contribution is 6.46. The number of aliphatic hydroxyl groups is 1. The van der Waals surface area contributed by atoms with Crippen LogP contribution in [-0.4, -0.2) is 60.8 Å². The number of ketones is 1. The summed E-state index contributed by atoms with van der Waals surface area (Å²) >= 11 is 0. The first kappa shape index (κ1) is 27.1. The molecule has 3 atom stereocenters. The van der Waals surface area contributed by atoms with Crippen LogP contribution < -0.4 is 14.2 Å². The van der Waals surface area contributed by atoms with Gasteiger partial charge in [-0.2, -0.15) is 0 Å². The number of Topliss-reactive ketones (excluding diaryl/α,β-unsaturated/α-hetero) is 1. The van der Waals surface area contributed by atoms with Gasteiger partial charge in [-0.05, 0) is 73.6 Å². The Hall–Kier alpha value is -3.52. The summed E-state index contributed by atoms with van der Waals surface area (Å²) in [6, 6.07) is 9.99. The molecule has 0 saturated carbocycles. The third-order valence-electron chi connectivity index (χ3n) is 7.59. The number of amides is 1. The van der Waals surface area contributed by atoms with Gasteiger partial charge < -0.3 is 29.0 Å². The standard InChI is InChI=1S/C31H37NO7/c1-18(2)11-13-38-25-10-7-20(16-26(25)36-4)28-27(30(34)31(35)32(28)17-23-6-5-12-37-23)29(33)21-8-9-24-22(15-21)14-19(3)39-24/h7-10,15-16,18-19,23,28,33H,5-6,11-14,17H2,1-4H3/t19-,23-,28-/m1/s1. The minimum Gasteiger partial charge on any atom is -0.507 e. The second kappa shape index (κ2) is 11.3. The van der Waals surface area contributed by atoms with Gasteiger partial charge in [-0.3, -0.25) is 9.59 Å². The molecule has 0 aromatic heterocycles. The minimum absolute atomic E-state index is 0.0446. The Balaban J connectivity index is 1.56. The third kappa shape index (κ3) is 5.48. The van der Waals surface area contributed by atoms with Crippen molar-refractivity contribution in [3.63, 3.8) is 0 Å². The molecule has 1 amide bonds. The van der Waals surface area contributed by atoms with E-state index in [-0.39, 0.29) is 30.1 Å². The van der Waals surface area contributed by atoms with Gasteiger partial charge in [0.15, 0.2) is 11.5 Å². The van der Waals surface area contributed by atoms with Gasteiger partial charge in [-0.15, -0.1) is 0 Å². The summed E-state index contributed by atoms with van der Waals surface area (Å²) in [4.78, 5) is 28.4. The quantitative estimate of drug-likeness (QED) is 0.273. The number of benzene rings is 2. The summed E-state index contributed by atoms with van der Waals surface area (Å²) in [6.45, 7) is 7.69. The molecule has 3 heterocycles. The molecule has 2 saturated heterocycles. The number of nitrogens with zero attached hydrogens (tertiary/aromatic N) is 1. The van der Waals surface area contributed by atoms with Gasteiger partial charge in [0.05, 0.1) is 31.4 Å². The number of rotatable bonds is 9. The number of carbonyl (C=O) groups is 2. The monoisotopic (exact) mass is 535 g/mol. The highest BCUT2D eigenvalue weighted by Crippen LogP contribution is 2.43. The van der Waals surface area contributed by atoms with Crippen molar-refractivity contribution >= 4 is 17.4 Å². The van der Waals surface area contributed by atoms with Crippen molar-refractivity contribution in [1.82, 2.24) is 4.90 Å². The van der Waals surface area contributed by atoms with E-state index in [0.29, 0.717) is 48.2 Å². The van der Waals surface area contributed by atoms with Crippen molar-refractivity contribution in [3.05, 3.63) is 58.7 Å². The number of fused-ring (bicyclic) bond motifs is 1. The van der Waals surface area contributed by atoms with E-state index in [2.05, 4.69) is 13.8 Å². The van der Waals surface area contributed by atoms with Gasteiger partial charge in [0, 0.05) is 25.1 Å². The summed E-state index contributed by atoms with van der Waals surface area (Å²) in [5.41, 5.74) is 2.15. The summed E-state index contributed by atoms with van der Waals surface area (Å²) in [6.07, 6.45) is 3.21. The zero-order chi connectivity index (χ0) is 27.7. The van der Waals surface area contributed by atoms with Crippen LogP contribution in [0.15, 0.2) is 42.0 Å². The average Bonchev–Trinajstić information content (AvgIpc) is 3.62. The first-order valence-corrected chi connectivity index (χ1v) is 13.8. The lowest BCUT2D eigenvalue weighted by molar-refractivity contribution is -0.140. The molecule has 5 rings (SSSR count). The zero-order valence-corrected chi connectivity index (χ0v) is 23.1. The van der Waals surface area contributed by atoms with Crippen LogP contribution in [0.25, 0.3) is 5.76 Å². The Bertz CT molecular complexity index is 1280. The molecule has 2 aromatic carbocycles. The Morgan fingerprint density at radius 1 is 1.15 bits per heavy atom. The van der Waals surface area contributed by atoms with Crippen LogP contribution in [0.4, 0.5) is 0 Å². The van der Waals surface area contributed by atoms with Crippen molar-refractivity contribution in [3.8, 4) is 17.2 Å². The van der Waals surface area contributed by atoms with Crippen LogP contribution in [-0.2, 0) is 20.7 Å². The summed E-state index contributed by atoms with van der Waals surface area (Å²) in [7, 11) is 1.56. The lowest BCUT2D eigenvalue weighted by Gasteiger charge is -2.28. The summed E-state index contributed by atoms with van der Waals surface area (Å²) in [5.74, 6) is 0.803. The number of methoxy groups -OCH3 is 1. The van der Waals surface area contributed by atoms with E-state index in [9.17, 15) is 14.7 Å². The molecule has 0 unspecified atom stereocenters. The van der Waals surface area contributed by atoms with Crippen molar-refractivity contribution in [2.45, 2.75) is 64.7 Å². The second-order valence-corrected chi connectivity index (χ2v) is 11.0. The number of hydrogen-bond acceptors (Lipinski definition) is 7. The number of ether oxygens (including phenoxy) is 4. The van der Waals surface area contributed by atoms with Crippen molar-refractivity contribution < 1.29 is 33.6 Å². The minimum atomic E-state index is -0.795. The maximum absolute atomic E-state index is 13.5. The Kier molecular flexibility index (Phi) is 7.84. The predicted molar refractivity (Wildman–Crippen MR) is 146 cm³/mol. The van der Waals surface area contributed by atoms with Crippen LogP contribution in [0.2, 0.25) is 0 Å². The van der Waals surface area contributed by atoms with Crippen molar-refractivity contribution in [2.75, 3.05) is 26.9 Å². The molecule has 8 heteroatoms. The molecule has 3 aliphatic heterocycles. The molecule has 1 N–H and O–H groups in total. The molecular formula is C31H37NO7. The topological polar surface area (TPSA) is 94.5 Å². The molecule has 3 aliphatic rings. The normalized spacial score (nSPS) is 23.8. The second-order valence-electron chi connectivity index (χ2n) is 11.0. The number of hydrogen-bond donors (Lipinski definition) is 1. The average molecular weight is 536 g/mol. The molecule has 208 valence electrons. The van der Waals surface area contributed by atoms with E-state index in [4.69, 9.17) is 18.9 Å². The van der Waals surface area contributed by atoms with E-state index < -0.39 is 17.7 Å². The van der Waals surface area contributed by atoms with Gasteiger partial charge >= 0.3 is 0 Å². The van der Waals surface area contributed by atoms with E-state index in [1.54, 1.807) is 31.4 Å². The first-order chi connectivity index (χ1) is 18.8. The smallest absolute Gasteiger partial charge is 0.295 e. The molecule has 0 spiro atoms. The highest BCUT2D eigenvalue weighted by atomic mass is 16.5. The molecule has 39 heavy (non-hydrogen) atoms. The van der Waals surface area contributed by atoms with Crippen molar-refractivity contribution in [1.29, 1.82) is 0 Å². The lowest BCUT2D eigenvalue weighted by Crippen LogP contribution is -2.36. The van der Waals surface area contributed by atoms with Crippen molar-refractivity contribution in [2.24, 2.45) is 5.92 Å². The highest BCUT2D eigenvalue weighted by Gasteiger charge is 2.47. The third-order valence-corrected chi connectivity index (χ3v) is 7.59. The predicted octanol–water partition coefficient (Wildman–Crippen LogP) is 5.04. The largest absolute Gasteiger partial charge is 0.507 e. The zero-order valence-electron chi connectivity index (χ0n) is 23.1. The van der Waals surface area contributed by atoms with Gasteiger partial charge in [0.1, 0.15) is 17.6 Å². The van der Waals surface area contributed by atoms with E-state index in [1.807, 2.05) is 19.1 Å². The van der Waals surface area contributed by atoms with E-state index >= 15 is 0 Å². The molecule has 8 nitrogen and oxygen atoms in total. The Morgan fingerprint density at radius 2 is 1.97 bits per heavy atom. The van der Waals surface area contributed by atoms with Crippen LogP contribution in [0, 0.1) is 5.92 Å². The molecule has 0 aliphatic carbocycles. The van der Waals surface area contributed by atoms with Gasteiger partial charge in [0.2, 0.25) is 0 Å². The van der Waals surface area contributed by atoms with Crippen LogP contribution >= 0.6 is 0 Å². The van der Waals surface area contributed by atoms with Gasteiger partial charge in [-0.25, -0.2) is 0 Å². The molecule has 2 aromatic rings. The van der Waals surface area contributed by atoms with Crippen LogP contribution in [0.1, 0.15) is 62.8 Å². The fraction of sp³-hybridized carbons (Fsp3) is 0.484. The van der Waals surface area contributed by atoms with E-state index in [1.165, 1.54) is 4.90 Å². The SMILES string of the molecule is COc1cc([C@@H]2C(=C(O)c3ccc4c(c3)C[C@@H](C)O4)C(=O)C(=O)N2C[C@H]2CCCO2)ccc1OCCC(C)C. The molecule has 0 bridgehead atoms. The fourth-order valence-electron chi connectivity index (χ4n) is 5.53. The summed E-state index contributed by atoms with van der Waals surface area (Å²) < 4.78 is 23.2. The summed E-state index contributed by atoms with van der Waals surface area (Å²) in [5, 5.41) is 11.5. The molecule has 0 radical (unpaired) electrons. The van der Waals surface area contributed by atoms with Gasteiger partial charge in [-0.1, -0.05) is 19.9 Å². The van der Waals surface area contributed by atoms with Gasteiger partial charge in [0.25, 0.3) is 11.7 Å². The van der Waals surface area contributed by atoms with Crippen LogP contribution in [0.3, 0.4) is 0 Å². The lowest BCUT2D eigenvalue weighted by atomic mass is 9.94. The number of carbonyl (C=O) groups excluding carboxylic acids is 2. The maximum atomic E-state index is 13.5.